The molecule has 0 radical (unpaired) electrons. The third-order valence-corrected chi connectivity index (χ3v) is 4.70. The molecule has 0 aliphatic rings. The summed E-state index contributed by atoms with van der Waals surface area (Å²) in [5.74, 6) is -1.51. The zero-order valence-corrected chi connectivity index (χ0v) is 17.2. The molecule has 0 aliphatic carbocycles. The van der Waals surface area contributed by atoms with E-state index in [4.69, 9.17) is 11.6 Å². The number of rotatable bonds is 8. The van der Waals surface area contributed by atoms with E-state index in [1.54, 1.807) is 0 Å². The summed E-state index contributed by atoms with van der Waals surface area (Å²) in [7, 11) is 0. The van der Waals surface area contributed by atoms with E-state index in [1.807, 2.05) is 6.26 Å². The number of halogens is 1. The van der Waals surface area contributed by atoms with E-state index in [0.717, 1.165) is 6.07 Å². The summed E-state index contributed by atoms with van der Waals surface area (Å²) in [6, 6.07) is 2.56. The summed E-state index contributed by atoms with van der Waals surface area (Å²) in [6.07, 6.45) is 6.03. The Kier molecular flexibility index (Phi) is 8.50. The first-order valence-corrected chi connectivity index (χ1v) is 10.2. The number of thioether (sulfide) groups is 1. The van der Waals surface area contributed by atoms with Crippen LogP contribution < -0.4 is 16.2 Å². The van der Waals surface area contributed by atoms with E-state index < -0.39 is 34.4 Å². The van der Waals surface area contributed by atoms with Crippen LogP contribution in [0.15, 0.2) is 36.8 Å². The number of carbonyl (C=O) groups excluding carboxylic acids is 3. The van der Waals surface area contributed by atoms with Crippen LogP contribution >= 0.6 is 23.4 Å². The number of carbonyl (C=O) groups is 3. The fourth-order valence-electron chi connectivity index (χ4n) is 2.23. The molecule has 158 valence electrons. The van der Waals surface area contributed by atoms with Crippen molar-refractivity contribution in [3.8, 4) is 0 Å². The highest BCUT2D eigenvalue weighted by Gasteiger charge is 2.23. The Bertz CT molecular complexity index is 945. The Morgan fingerprint density at radius 2 is 2.00 bits per heavy atom. The topological polar surface area (TPSA) is 156 Å². The van der Waals surface area contributed by atoms with Crippen LogP contribution in [-0.4, -0.2) is 50.7 Å². The third-order valence-electron chi connectivity index (χ3n) is 3.73. The molecule has 3 amide bonds. The first kappa shape index (κ1) is 23.0. The van der Waals surface area contributed by atoms with Crippen molar-refractivity contribution < 1.29 is 19.3 Å². The van der Waals surface area contributed by atoms with E-state index in [2.05, 4.69) is 26.1 Å². The number of nitrogens with one attached hydrogen (secondary N) is 3. The lowest BCUT2D eigenvalue weighted by Gasteiger charge is -2.18. The minimum Gasteiger partial charge on any atom is -0.340 e. The Morgan fingerprint density at radius 1 is 1.23 bits per heavy atom. The van der Waals surface area contributed by atoms with Gasteiger partial charge in [0.15, 0.2) is 0 Å². The SMILES string of the molecule is CSCCC(NC(=O)c1ccc(Cl)c([N+](=O)[O-])c1)C(=O)NNC(=O)c1cnccn1. The summed E-state index contributed by atoms with van der Waals surface area (Å²) in [6.45, 7) is 0. The standard InChI is InChI=1S/C17H17ClN6O5S/c1-30-7-4-12(16(26)22-23-17(27)13-9-19-5-6-20-13)21-15(25)10-2-3-11(18)14(8-10)24(28)29/h2-3,5-6,8-9,12H,4,7H2,1H3,(H,21,25)(H,22,26)(H,23,27). The second-order valence-electron chi connectivity index (χ2n) is 5.76. The maximum absolute atomic E-state index is 12.5. The van der Waals surface area contributed by atoms with Crippen LogP contribution in [-0.2, 0) is 4.79 Å². The van der Waals surface area contributed by atoms with Gasteiger partial charge in [0.25, 0.3) is 23.4 Å². The monoisotopic (exact) mass is 452 g/mol. The molecular formula is C17H17ClN6O5S. The number of aromatic nitrogens is 2. The Morgan fingerprint density at radius 3 is 2.63 bits per heavy atom. The lowest BCUT2D eigenvalue weighted by Crippen LogP contribution is -2.52. The molecule has 0 saturated heterocycles. The average molecular weight is 453 g/mol. The average Bonchev–Trinajstić information content (AvgIpc) is 2.75. The van der Waals surface area contributed by atoms with Gasteiger partial charge in [-0.2, -0.15) is 11.8 Å². The fourth-order valence-corrected chi connectivity index (χ4v) is 2.88. The van der Waals surface area contributed by atoms with Crippen molar-refractivity contribution in [3.05, 3.63) is 63.2 Å². The number of hydrogen-bond donors (Lipinski definition) is 3. The molecule has 0 aliphatic heterocycles. The minimum absolute atomic E-state index is 0.00373. The van der Waals surface area contributed by atoms with Crippen molar-refractivity contribution in [2.45, 2.75) is 12.5 Å². The molecule has 2 rings (SSSR count). The number of hydrogen-bond acceptors (Lipinski definition) is 8. The van der Waals surface area contributed by atoms with E-state index in [0.29, 0.717) is 5.75 Å². The van der Waals surface area contributed by atoms with Gasteiger partial charge in [-0.25, -0.2) is 4.98 Å². The largest absolute Gasteiger partial charge is 0.340 e. The molecule has 3 N–H and O–H groups in total. The fraction of sp³-hybridized carbons (Fsp3) is 0.235. The first-order chi connectivity index (χ1) is 14.3. The molecule has 2 aromatic rings. The lowest BCUT2D eigenvalue weighted by atomic mass is 10.1. The molecule has 30 heavy (non-hydrogen) atoms. The van der Waals surface area contributed by atoms with Crippen LogP contribution in [0.3, 0.4) is 0 Å². The van der Waals surface area contributed by atoms with Crippen LogP contribution in [0.2, 0.25) is 5.02 Å². The van der Waals surface area contributed by atoms with E-state index in [9.17, 15) is 24.5 Å². The number of nitrogens with zero attached hydrogens (tertiary/aromatic N) is 3. The number of nitro benzene ring substituents is 1. The Labute approximate surface area is 180 Å². The minimum atomic E-state index is -0.998. The highest BCUT2D eigenvalue weighted by Crippen LogP contribution is 2.25. The lowest BCUT2D eigenvalue weighted by molar-refractivity contribution is -0.384. The van der Waals surface area contributed by atoms with Crippen molar-refractivity contribution >= 4 is 46.8 Å². The van der Waals surface area contributed by atoms with Crippen LogP contribution in [0.4, 0.5) is 5.69 Å². The van der Waals surface area contributed by atoms with E-state index in [-0.39, 0.29) is 22.7 Å². The van der Waals surface area contributed by atoms with Crippen molar-refractivity contribution in [3.63, 3.8) is 0 Å². The zero-order valence-electron chi connectivity index (χ0n) is 15.6. The Hall–Kier alpha value is -3.25. The van der Waals surface area contributed by atoms with Gasteiger partial charge >= 0.3 is 0 Å². The molecule has 1 atom stereocenters. The van der Waals surface area contributed by atoms with Gasteiger partial charge in [-0.3, -0.25) is 40.3 Å². The van der Waals surface area contributed by atoms with Gasteiger partial charge in [-0.05, 0) is 30.6 Å². The molecule has 1 heterocycles. The van der Waals surface area contributed by atoms with E-state index >= 15 is 0 Å². The van der Waals surface area contributed by atoms with Crippen molar-refractivity contribution in [1.29, 1.82) is 0 Å². The van der Waals surface area contributed by atoms with Crippen LogP contribution in [0.1, 0.15) is 27.3 Å². The van der Waals surface area contributed by atoms with Crippen LogP contribution in [0.5, 0.6) is 0 Å². The molecular weight excluding hydrogens is 436 g/mol. The maximum atomic E-state index is 12.5. The predicted molar refractivity (Wildman–Crippen MR) is 110 cm³/mol. The van der Waals surface area contributed by atoms with Gasteiger partial charge in [-0.1, -0.05) is 11.6 Å². The molecule has 0 bridgehead atoms. The smallest absolute Gasteiger partial charge is 0.289 e. The number of amides is 3. The summed E-state index contributed by atoms with van der Waals surface area (Å²) >= 11 is 7.21. The number of nitro groups is 1. The highest BCUT2D eigenvalue weighted by atomic mass is 35.5. The third kappa shape index (κ3) is 6.39. The molecule has 1 aromatic heterocycles. The van der Waals surface area contributed by atoms with Gasteiger partial charge in [0.05, 0.1) is 11.1 Å². The number of benzene rings is 1. The van der Waals surface area contributed by atoms with Gasteiger partial charge in [0, 0.05) is 24.0 Å². The molecule has 11 nitrogen and oxygen atoms in total. The van der Waals surface area contributed by atoms with Crippen molar-refractivity contribution in [2.24, 2.45) is 0 Å². The Balaban J connectivity index is 2.06. The maximum Gasteiger partial charge on any atom is 0.289 e. The zero-order chi connectivity index (χ0) is 22.1. The predicted octanol–water partition coefficient (Wildman–Crippen LogP) is 1.35. The van der Waals surface area contributed by atoms with Crippen LogP contribution in [0.25, 0.3) is 0 Å². The molecule has 1 unspecified atom stereocenters. The summed E-state index contributed by atoms with van der Waals surface area (Å²) in [4.78, 5) is 54.8. The second-order valence-corrected chi connectivity index (χ2v) is 7.16. The highest BCUT2D eigenvalue weighted by molar-refractivity contribution is 7.98. The molecule has 0 spiro atoms. The molecule has 13 heteroatoms. The first-order valence-electron chi connectivity index (χ1n) is 8.43. The summed E-state index contributed by atoms with van der Waals surface area (Å²) < 4.78 is 0. The van der Waals surface area contributed by atoms with E-state index in [1.165, 1.54) is 42.5 Å². The van der Waals surface area contributed by atoms with Gasteiger partial charge in [0.1, 0.15) is 16.8 Å². The van der Waals surface area contributed by atoms with Crippen LogP contribution in [0, 0.1) is 10.1 Å². The molecule has 0 fully saturated rings. The van der Waals surface area contributed by atoms with Gasteiger partial charge in [0.2, 0.25) is 0 Å². The molecule has 0 saturated carbocycles. The number of hydrazine groups is 1. The summed E-state index contributed by atoms with van der Waals surface area (Å²) in [5.41, 5.74) is 3.96. The van der Waals surface area contributed by atoms with Crippen molar-refractivity contribution in [2.75, 3.05) is 12.0 Å². The quantitative estimate of drug-likeness (QED) is 0.400. The van der Waals surface area contributed by atoms with Gasteiger partial charge < -0.3 is 5.32 Å². The second kappa shape index (κ2) is 11.1. The molecule has 1 aromatic carbocycles. The summed E-state index contributed by atoms with van der Waals surface area (Å²) in [5, 5.41) is 13.4. The normalized spacial score (nSPS) is 11.3. The van der Waals surface area contributed by atoms with Crippen molar-refractivity contribution in [1.82, 2.24) is 26.1 Å². The van der Waals surface area contributed by atoms with Gasteiger partial charge in [-0.15, -0.1) is 0 Å².